The molecule has 0 radical (unpaired) electrons. The van der Waals surface area contributed by atoms with Crippen molar-refractivity contribution in [2.75, 3.05) is 25.0 Å². The van der Waals surface area contributed by atoms with Gasteiger partial charge in [0.1, 0.15) is 18.1 Å². The number of likely N-dealkylation sites (tertiary alicyclic amines) is 1. The molecule has 126 valence electrons. The second-order valence-electron chi connectivity index (χ2n) is 6.14. The summed E-state index contributed by atoms with van der Waals surface area (Å²) in [4.78, 5) is 13.9. The number of nitrogens with zero attached hydrogens (tertiary/aromatic N) is 5. The van der Waals surface area contributed by atoms with Crippen molar-refractivity contribution in [2.24, 2.45) is 0 Å². The fourth-order valence-electron chi connectivity index (χ4n) is 3.16. The quantitative estimate of drug-likeness (QED) is 0.834. The lowest BCUT2D eigenvalue weighted by molar-refractivity contribution is 0.238. The summed E-state index contributed by atoms with van der Waals surface area (Å²) in [5, 5.41) is 9.23. The zero-order chi connectivity index (χ0) is 17.1. The van der Waals surface area contributed by atoms with Crippen LogP contribution in [0.1, 0.15) is 22.6 Å². The summed E-state index contributed by atoms with van der Waals surface area (Å²) in [7, 11) is 1.91. The lowest BCUT2D eigenvalue weighted by Crippen LogP contribution is -2.39. The van der Waals surface area contributed by atoms with E-state index in [1.165, 1.54) is 4.88 Å². The van der Waals surface area contributed by atoms with E-state index in [0.717, 1.165) is 12.2 Å². The minimum Gasteiger partial charge on any atom is -0.357 e. The van der Waals surface area contributed by atoms with Gasteiger partial charge in [-0.3, -0.25) is 4.90 Å². The van der Waals surface area contributed by atoms with Crippen molar-refractivity contribution in [2.45, 2.75) is 32.1 Å². The summed E-state index contributed by atoms with van der Waals surface area (Å²) in [5.41, 5.74) is 3.40. The molecule has 1 fully saturated rings. The molecule has 1 aliphatic rings. The Kier molecular flexibility index (Phi) is 5.07. The van der Waals surface area contributed by atoms with Crippen LogP contribution in [0.3, 0.4) is 0 Å². The maximum Gasteiger partial charge on any atom is 0.146 e. The first-order valence-corrected chi connectivity index (χ1v) is 8.79. The molecule has 0 bridgehead atoms. The van der Waals surface area contributed by atoms with Gasteiger partial charge in [-0.2, -0.15) is 5.26 Å². The Balaban J connectivity index is 1.72. The van der Waals surface area contributed by atoms with E-state index in [2.05, 4.69) is 20.9 Å². The summed E-state index contributed by atoms with van der Waals surface area (Å²) in [6.45, 7) is 3.80. The summed E-state index contributed by atoms with van der Waals surface area (Å²) < 4.78 is 14.0. The van der Waals surface area contributed by atoms with E-state index in [0.29, 0.717) is 30.9 Å². The van der Waals surface area contributed by atoms with Gasteiger partial charge in [-0.15, -0.1) is 11.3 Å². The first-order valence-electron chi connectivity index (χ1n) is 7.91. The molecule has 2 atom stereocenters. The first-order chi connectivity index (χ1) is 11.6. The molecule has 0 unspecified atom stereocenters. The fourth-order valence-corrected chi connectivity index (χ4v) is 3.96. The highest BCUT2D eigenvalue weighted by atomic mass is 32.1. The molecule has 3 rings (SSSR count). The average Bonchev–Trinajstić information content (AvgIpc) is 3.13. The minimum absolute atomic E-state index is 0.0973. The van der Waals surface area contributed by atoms with Crippen LogP contribution in [0.2, 0.25) is 0 Å². The van der Waals surface area contributed by atoms with E-state index in [4.69, 9.17) is 0 Å². The SMILES string of the molecule is Cc1ncsc1CN1C[C@@H](F)C[C@H]1CN(C)c1ncccc1C#N. The molecular formula is C17H20FN5S. The van der Waals surface area contributed by atoms with E-state index in [1.54, 1.807) is 29.7 Å². The summed E-state index contributed by atoms with van der Waals surface area (Å²) >= 11 is 1.62. The van der Waals surface area contributed by atoms with E-state index >= 15 is 0 Å². The van der Waals surface area contributed by atoms with Crippen LogP contribution >= 0.6 is 11.3 Å². The molecule has 1 saturated heterocycles. The number of anilines is 1. The second-order valence-corrected chi connectivity index (χ2v) is 7.08. The maximum atomic E-state index is 14.0. The van der Waals surface area contributed by atoms with Crippen LogP contribution in [0, 0.1) is 18.3 Å². The Morgan fingerprint density at radius 1 is 1.50 bits per heavy atom. The number of aromatic nitrogens is 2. The number of halogens is 1. The van der Waals surface area contributed by atoms with Crippen LogP contribution in [0.25, 0.3) is 0 Å². The Hall–Kier alpha value is -2.04. The second kappa shape index (κ2) is 7.24. The number of likely N-dealkylation sites (N-methyl/N-ethyl adjacent to an activating group) is 1. The predicted octanol–water partition coefficient (Wildman–Crippen LogP) is 2.77. The van der Waals surface area contributed by atoms with E-state index in [-0.39, 0.29) is 6.04 Å². The Labute approximate surface area is 145 Å². The third kappa shape index (κ3) is 3.55. The van der Waals surface area contributed by atoms with Crippen molar-refractivity contribution in [1.29, 1.82) is 5.26 Å². The third-order valence-electron chi connectivity index (χ3n) is 4.42. The molecule has 5 nitrogen and oxygen atoms in total. The fraction of sp³-hybridized carbons (Fsp3) is 0.471. The molecule has 2 aromatic heterocycles. The highest BCUT2D eigenvalue weighted by Gasteiger charge is 2.33. The number of nitriles is 1. The largest absolute Gasteiger partial charge is 0.357 e. The molecule has 0 spiro atoms. The predicted molar refractivity (Wildman–Crippen MR) is 92.8 cm³/mol. The standard InChI is InChI=1S/C17H20FN5S/c1-12-16(24-11-21-12)10-23-8-14(18)6-15(23)9-22(2)17-13(7-19)4-3-5-20-17/h3-5,11,14-15H,6,8-10H2,1-2H3/t14-,15-/m0/s1. The molecule has 0 saturated carbocycles. The number of thiazole rings is 1. The van der Waals surface area contributed by atoms with Gasteiger partial charge in [-0.05, 0) is 25.5 Å². The van der Waals surface area contributed by atoms with Crippen molar-refractivity contribution in [1.82, 2.24) is 14.9 Å². The molecule has 1 aliphatic heterocycles. The van der Waals surface area contributed by atoms with Gasteiger partial charge in [0.15, 0.2) is 0 Å². The first kappa shape index (κ1) is 16.8. The minimum atomic E-state index is -0.809. The van der Waals surface area contributed by atoms with Crippen LogP contribution in [0.5, 0.6) is 0 Å². The molecule has 7 heteroatoms. The molecule has 0 amide bonds. The number of aryl methyl sites for hydroxylation is 1. The molecule has 24 heavy (non-hydrogen) atoms. The molecule has 0 aliphatic carbocycles. The Bertz CT molecular complexity index is 741. The van der Waals surface area contributed by atoms with Crippen molar-refractivity contribution >= 4 is 17.2 Å². The zero-order valence-corrected chi connectivity index (χ0v) is 14.6. The van der Waals surface area contributed by atoms with Crippen LogP contribution in [-0.2, 0) is 6.54 Å². The molecular weight excluding hydrogens is 325 g/mol. The van der Waals surface area contributed by atoms with Gasteiger partial charge in [0.2, 0.25) is 0 Å². The summed E-state index contributed by atoms with van der Waals surface area (Å²) in [5.74, 6) is 0.649. The topological polar surface area (TPSA) is 56.1 Å². The number of hydrogen-bond donors (Lipinski definition) is 0. The van der Waals surface area contributed by atoms with Gasteiger partial charge < -0.3 is 4.90 Å². The van der Waals surface area contributed by atoms with Crippen LogP contribution < -0.4 is 4.90 Å². The Morgan fingerprint density at radius 2 is 2.33 bits per heavy atom. The zero-order valence-electron chi connectivity index (χ0n) is 13.8. The van der Waals surface area contributed by atoms with Gasteiger partial charge in [0.25, 0.3) is 0 Å². The van der Waals surface area contributed by atoms with Crippen molar-refractivity contribution in [3.63, 3.8) is 0 Å². The van der Waals surface area contributed by atoms with Gasteiger partial charge in [0.05, 0.1) is 16.8 Å². The summed E-state index contributed by atoms with van der Waals surface area (Å²) in [6.07, 6.45) is 1.38. The normalized spacial score (nSPS) is 20.9. The Morgan fingerprint density at radius 3 is 3.04 bits per heavy atom. The summed E-state index contributed by atoms with van der Waals surface area (Å²) in [6, 6.07) is 5.77. The number of hydrogen-bond acceptors (Lipinski definition) is 6. The van der Waals surface area contributed by atoms with E-state index in [1.807, 2.05) is 24.4 Å². The smallest absolute Gasteiger partial charge is 0.146 e. The monoisotopic (exact) mass is 345 g/mol. The highest BCUT2D eigenvalue weighted by Crippen LogP contribution is 2.27. The van der Waals surface area contributed by atoms with Crippen molar-refractivity contribution in [3.05, 3.63) is 40.0 Å². The van der Waals surface area contributed by atoms with E-state index < -0.39 is 6.17 Å². The highest BCUT2D eigenvalue weighted by molar-refractivity contribution is 7.09. The molecule has 0 N–H and O–H groups in total. The van der Waals surface area contributed by atoms with Crippen LogP contribution in [-0.4, -0.2) is 47.2 Å². The van der Waals surface area contributed by atoms with E-state index in [9.17, 15) is 9.65 Å². The van der Waals surface area contributed by atoms with Gasteiger partial charge >= 0.3 is 0 Å². The molecule has 3 heterocycles. The van der Waals surface area contributed by atoms with Gasteiger partial charge in [0, 0.05) is 43.8 Å². The van der Waals surface area contributed by atoms with Crippen LogP contribution in [0.15, 0.2) is 23.8 Å². The average molecular weight is 345 g/mol. The molecule has 2 aromatic rings. The van der Waals surface area contributed by atoms with Gasteiger partial charge in [-0.25, -0.2) is 14.4 Å². The number of rotatable bonds is 5. The lowest BCUT2D eigenvalue weighted by Gasteiger charge is -2.29. The number of alkyl halides is 1. The lowest BCUT2D eigenvalue weighted by atomic mass is 10.2. The number of pyridine rings is 1. The van der Waals surface area contributed by atoms with Crippen LogP contribution in [0.4, 0.5) is 10.2 Å². The maximum absolute atomic E-state index is 14.0. The van der Waals surface area contributed by atoms with Gasteiger partial charge in [-0.1, -0.05) is 0 Å². The van der Waals surface area contributed by atoms with Crippen molar-refractivity contribution in [3.8, 4) is 6.07 Å². The third-order valence-corrected chi connectivity index (χ3v) is 5.34. The molecule has 0 aromatic carbocycles. The van der Waals surface area contributed by atoms with Crippen molar-refractivity contribution < 1.29 is 4.39 Å².